The molecule has 0 saturated heterocycles. The maximum absolute atomic E-state index is 13.0. The predicted molar refractivity (Wildman–Crippen MR) is 133 cm³/mol. The molecular weight excluding hydrogens is 426 g/mol. The molecule has 4 heterocycles. The number of aromatic nitrogens is 4. The summed E-state index contributed by atoms with van der Waals surface area (Å²) in [6, 6.07) is 8.76. The first-order chi connectivity index (χ1) is 16.6. The summed E-state index contributed by atoms with van der Waals surface area (Å²) < 4.78 is 2.27. The number of carbonyl (C=O) groups excluding carboxylic acids is 1. The third-order valence-corrected chi connectivity index (χ3v) is 7.97. The van der Waals surface area contributed by atoms with Crippen molar-refractivity contribution >= 4 is 28.7 Å². The standard InChI is InChI=1S/C26H33N7O/c1-32-17-26(12-4-2-5-13-26)33-21(24(32)34)15-18-16-28-25(31-23(18)33)30-20-10-8-19(9-11-20)29-22-7-3-6-14-27-22/h3,6-7,14-16,19-20H,2,4-5,8-13,17H2,1H3,(H,27,29)(H,28,30,31). The number of nitrogens with one attached hydrogen (secondary N) is 2. The van der Waals surface area contributed by atoms with E-state index in [-0.39, 0.29) is 11.4 Å². The second-order valence-electron chi connectivity index (χ2n) is 10.3. The van der Waals surface area contributed by atoms with E-state index in [2.05, 4.69) is 25.2 Å². The minimum atomic E-state index is -0.0428. The number of likely N-dealkylation sites (N-methyl/N-ethyl adjacent to an activating group) is 1. The molecule has 0 unspecified atom stereocenters. The van der Waals surface area contributed by atoms with Gasteiger partial charge >= 0.3 is 0 Å². The molecule has 0 bridgehead atoms. The van der Waals surface area contributed by atoms with Crippen molar-refractivity contribution in [3.05, 3.63) is 42.4 Å². The van der Waals surface area contributed by atoms with Crippen molar-refractivity contribution in [2.45, 2.75) is 75.4 Å². The molecular formula is C26H33N7O. The fourth-order valence-corrected chi connectivity index (χ4v) is 6.29. The Morgan fingerprint density at radius 3 is 2.50 bits per heavy atom. The van der Waals surface area contributed by atoms with E-state index >= 15 is 0 Å². The lowest BCUT2D eigenvalue weighted by Gasteiger charge is -2.45. The molecule has 2 fully saturated rings. The molecule has 3 aromatic rings. The monoisotopic (exact) mass is 459 g/mol. The van der Waals surface area contributed by atoms with Crippen molar-refractivity contribution in [3.8, 4) is 0 Å². The topological polar surface area (TPSA) is 88.0 Å². The average Bonchev–Trinajstić information content (AvgIpc) is 3.25. The number of anilines is 2. The fraction of sp³-hybridized carbons (Fsp3) is 0.538. The van der Waals surface area contributed by atoms with E-state index in [1.807, 2.05) is 48.6 Å². The van der Waals surface area contributed by atoms with Crippen molar-refractivity contribution in [3.63, 3.8) is 0 Å². The Morgan fingerprint density at radius 2 is 1.76 bits per heavy atom. The average molecular weight is 460 g/mol. The highest BCUT2D eigenvalue weighted by Crippen LogP contribution is 2.42. The van der Waals surface area contributed by atoms with Gasteiger partial charge in [-0.05, 0) is 56.7 Å². The minimum Gasteiger partial charge on any atom is -0.367 e. The van der Waals surface area contributed by atoms with Crippen molar-refractivity contribution in [2.24, 2.45) is 0 Å². The van der Waals surface area contributed by atoms with Crippen LogP contribution in [0, 0.1) is 0 Å². The Bertz CT molecular complexity index is 1180. The Hall–Kier alpha value is -3.16. The minimum absolute atomic E-state index is 0.0428. The van der Waals surface area contributed by atoms with Gasteiger partial charge in [0.1, 0.15) is 17.2 Å². The smallest absolute Gasteiger partial charge is 0.270 e. The molecule has 178 valence electrons. The number of rotatable bonds is 4. The quantitative estimate of drug-likeness (QED) is 0.601. The number of carbonyl (C=O) groups is 1. The van der Waals surface area contributed by atoms with E-state index in [4.69, 9.17) is 4.98 Å². The molecule has 3 aromatic heterocycles. The van der Waals surface area contributed by atoms with Crippen LogP contribution in [0.5, 0.6) is 0 Å². The molecule has 34 heavy (non-hydrogen) atoms. The van der Waals surface area contributed by atoms with Crippen LogP contribution in [-0.4, -0.2) is 56.0 Å². The summed E-state index contributed by atoms with van der Waals surface area (Å²) >= 11 is 0. The zero-order chi connectivity index (χ0) is 23.1. The van der Waals surface area contributed by atoms with E-state index in [9.17, 15) is 4.79 Å². The van der Waals surface area contributed by atoms with Crippen LogP contribution in [-0.2, 0) is 5.54 Å². The number of hydrogen-bond acceptors (Lipinski definition) is 6. The van der Waals surface area contributed by atoms with Gasteiger partial charge in [-0.2, -0.15) is 4.98 Å². The van der Waals surface area contributed by atoms with Gasteiger partial charge in [-0.1, -0.05) is 25.3 Å². The van der Waals surface area contributed by atoms with Crippen LogP contribution in [0.3, 0.4) is 0 Å². The maximum Gasteiger partial charge on any atom is 0.270 e. The highest BCUT2D eigenvalue weighted by molar-refractivity contribution is 5.99. The van der Waals surface area contributed by atoms with Gasteiger partial charge in [0, 0.05) is 43.5 Å². The summed E-state index contributed by atoms with van der Waals surface area (Å²) in [5.74, 6) is 1.71. The molecule has 1 amide bonds. The van der Waals surface area contributed by atoms with Gasteiger partial charge < -0.3 is 20.1 Å². The highest BCUT2D eigenvalue weighted by atomic mass is 16.2. The summed E-state index contributed by atoms with van der Waals surface area (Å²) in [6.45, 7) is 0.767. The van der Waals surface area contributed by atoms with E-state index in [1.54, 1.807) is 0 Å². The SMILES string of the molecule is CN1CC2(CCCCC2)n2c(cc3cnc(NC4CCC(Nc5ccccn5)CC4)nc32)C1=O. The summed E-state index contributed by atoms with van der Waals surface area (Å²) in [4.78, 5) is 28.9. The molecule has 6 rings (SSSR count). The van der Waals surface area contributed by atoms with E-state index in [0.717, 1.165) is 67.6 Å². The normalized spacial score (nSPS) is 24.3. The first-order valence-electron chi connectivity index (χ1n) is 12.7. The molecule has 0 atom stereocenters. The number of fused-ring (bicyclic) bond motifs is 4. The van der Waals surface area contributed by atoms with E-state index in [1.165, 1.54) is 19.3 Å². The lowest BCUT2D eigenvalue weighted by atomic mass is 9.79. The summed E-state index contributed by atoms with van der Waals surface area (Å²) in [5.41, 5.74) is 1.62. The second kappa shape index (κ2) is 8.56. The van der Waals surface area contributed by atoms with E-state index in [0.29, 0.717) is 18.0 Å². The van der Waals surface area contributed by atoms with Crippen LogP contribution in [0.2, 0.25) is 0 Å². The zero-order valence-electron chi connectivity index (χ0n) is 19.8. The van der Waals surface area contributed by atoms with Crippen LogP contribution >= 0.6 is 0 Å². The molecule has 1 aliphatic heterocycles. The van der Waals surface area contributed by atoms with Crippen LogP contribution < -0.4 is 10.6 Å². The van der Waals surface area contributed by atoms with Gasteiger partial charge in [0.25, 0.3) is 5.91 Å². The first kappa shape index (κ1) is 21.4. The maximum atomic E-state index is 13.0. The Labute approximate surface area is 200 Å². The Kier molecular flexibility index (Phi) is 5.38. The molecule has 2 saturated carbocycles. The lowest BCUT2D eigenvalue weighted by molar-refractivity contribution is 0.0543. The molecule has 8 heteroatoms. The van der Waals surface area contributed by atoms with Gasteiger partial charge in [0.05, 0.1) is 5.54 Å². The van der Waals surface area contributed by atoms with Crippen molar-refractivity contribution < 1.29 is 4.79 Å². The summed E-state index contributed by atoms with van der Waals surface area (Å²) in [6.07, 6.45) is 13.9. The van der Waals surface area contributed by atoms with Crippen LogP contribution in [0.15, 0.2) is 36.7 Å². The largest absolute Gasteiger partial charge is 0.367 e. The van der Waals surface area contributed by atoms with Gasteiger partial charge in [-0.15, -0.1) is 0 Å². The fourth-order valence-electron chi connectivity index (χ4n) is 6.29. The molecule has 2 N–H and O–H groups in total. The summed E-state index contributed by atoms with van der Waals surface area (Å²) in [5, 5.41) is 8.10. The lowest BCUT2D eigenvalue weighted by Crippen LogP contribution is -2.53. The third kappa shape index (κ3) is 3.79. The van der Waals surface area contributed by atoms with Crippen LogP contribution in [0.1, 0.15) is 68.3 Å². The molecule has 0 radical (unpaired) electrons. The second-order valence-corrected chi connectivity index (χ2v) is 10.3. The molecule has 2 aliphatic carbocycles. The van der Waals surface area contributed by atoms with Gasteiger partial charge in [-0.25, -0.2) is 9.97 Å². The van der Waals surface area contributed by atoms with Crippen LogP contribution in [0.25, 0.3) is 11.0 Å². The third-order valence-electron chi connectivity index (χ3n) is 7.97. The van der Waals surface area contributed by atoms with Crippen molar-refractivity contribution in [1.82, 2.24) is 24.4 Å². The molecule has 0 aromatic carbocycles. The van der Waals surface area contributed by atoms with E-state index < -0.39 is 0 Å². The molecule has 1 spiro atoms. The van der Waals surface area contributed by atoms with Crippen molar-refractivity contribution in [1.29, 1.82) is 0 Å². The molecule has 8 nitrogen and oxygen atoms in total. The Balaban J connectivity index is 1.21. The van der Waals surface area contributed by atoms with Crippen LogP contribution in [0.4, 0.5) is 11.8 Å². The number of nitrogens with zero attached hydrogens (tertiary/aromatic N) is 5. The predicted octanol–water partition coefficient (Wildman–Crippen LogP) is 4.41. The Morgan fingerprint density at radius 1 is 1.00 bits per heavy atom. The number of pyridine rings is 1. The zero-order valence-corrected chi connectivity index (χ0v) is 19.8. The van der Waals surface area contributed by atoms with Gasteiger partial charge in [-0.3, -0.25) is 4.79 Å². The number of hydrogen-bond donors (Lipinski definition) is 2. The van der Waals surface area contributed by atoms with Crippen molar-refractivity contribution in [2.75, 3.05) is 24.2 Å². The van der Waals surface area contributed by atoms with Gasteiger partial charge in [0.15, 0.2) is 0 Å². The summed E-state index contributed by atoms with van der Waals surface area (Å²) in [7, 11) is 1.93. The van der Waals surface area contributed by atoms with Gasteiger partial charge in [0.2, 0.25) is 5.95 Å². The molecule has 3 aliphatic rings. The highest BCUT2D eigenvalue weighted by Gasteiger charge is 2.43. The number of amides is 1. The first-order valence-corrected chi connectivity index (χ1v) is 12.7.